The number of β-amino-alcohol motifs (C(OH)–C–C–N with tert-alkyl or cyclic N) is 1. The maximum atomic E-state index is 10.3. The summed E-state index contributed by atoms with van der Waals surface area (Å²) in [6.07, 6.45) is 1.82. The van der Waals surface area contributed by atoms with Crippen molar-refractivity contribution in [1.82, 2.24) is 5.32 Å². The lowest BCUT2D eigenvalue weighted by Gasteiger charge is -2.39. The number of hydrogen-bond donors (Lipinski definition) is 2. The lowest BCUT2D eigenvalue weighted by Crippen LogP contribution is -2.46. The van der Waals surface area contributed by atoms with Crippen LogP contribution < -0.4 is 10.2 Å². The molecule has 0 radical (unpaired) electrons. The molecule has 1 aromatic carbocycles. The number of halogens is 1. The molecular formula is C16H25ClN2O2. The number of para-hydroxylation sites is 1. The standard InChI is InChI=1S/C16H25ClN2O2/c1-16(20)7-4-9-19(12-16)15-13(5-3-6-14(15)17)11-18-8-10-21-2/h3,5-6,18,20H,4,7-12H2,1-2H3. The first-order chi connectivity index (χ1) is 10.0. The van der Waals surface area contributed by atoms with Gasteiger partial charge in [0, 0.05) is 33.3 Å². The van der Waals surface area contributed by atoms with Crippen molar-refractivity contribution in [2.75, 3.05) is 38.3 Å². The van der Waals surface area contributed by atoms with E-state index in [0.717, 1.165) is 48.7 Å². The van der Waals surface area contributed by atoms with Crippen molar-refractivity contribution in [3.63, 3.8) is 0 Å². The molecule has 1 aliphatic rings. The molecule has 0 aliphatic carbocycles. The molecule has 0 bridgehead atoms. The highest BCUT2D eigenvalue weighted by molar-refractivity contribution is 6.33. The van der Waals surface area contributed by atoms with Gasteiger partial charge in [0.15, 0.2) is 0 Å². The molecule has 5 heteroatoms. The van der Waals surface area contributed by atoms with E-state index in [2.05, 4.69) is 16.3 Å². The fourth-order valence-corrected chi connectivity index (χ4v) is 3.18. The molecule has 1 aliphatic heterocycles. The summed E-state index contributed by atoms with van der Waals surface area (Å²) in [6.45, 7) is 5.70. The highest BCUT2D eigenvalue weighted by Gasteiger charge is 2.30. The van der Waals surface area contributed by atoms with Crippen LogP contribution in [0, 0.1) is 0 Å². The lowest BCUT2D eigenvalue weighted by atomic mass is 9.94. The number of benzene rings is 1. The third kappa shape index (κ3) is 4.58. The SMILES string of the molecule is COCCNCc1cccc(Cl)c1N1CCCC(C)(O)C1. The molecule has 0 saturated carbocycles. The van der Waals surface area contributed by atoms with Gasteiger partial charge in [-0.1, -0.05) is 23.7 Å². The Hall–Kier alpha value is -0.810. The summed E-state index contributed by atoms with van der Waals surface area (Å²) >= 11 is 6.42. The van der Waals surface area contributed by atoms with Gasteiger partial charge in [0.25, 0.3) is 0 Å². The summed E-state index contributed by atoms with van der Waals surface area (Å²) in [7, 11) is 1.70. The average molecular weight is 313 g/mol. The Morgan fingerprint density at radius 3 is 3.00 bits per heavy atom. The Balaban J connectivity index is 2.13. The van der Waals surface area contributed by atoms with E-state index in [1.54, 1.807) is 7.11 Å². The number of ether oxygens (including phenoxy) is 1. The van der Waals surface area contributed by atoms with E-state index in [1.165, 1.54) is 0 Å². The van der Waals surface area contributed by atoms with Crippen molar-refractivity contribution in [3.8, 4) is 0 Å². The summed E-state index contributed by atoms with van der Waals surface area (Å²) in [5.41, 5.74) is 1.57. The van der Waals surface area contributed by atoms with Crippen LogP contribution in [0.25, 0.3) is 0 Å². The average Bonchev–Trinajstić information content (AvgIpc) is 2.42. The van der Waals surface area contributed by atoms with Gasteiger partial charge in [-0.2, -0.15) is 0 Å². The summed E-state index contributed by atoms with van der Waals surface area (Å²) in [5, 5.41) is 14.4. The van der Waals surface area contributed by atoms with E-state index < -0.39 is 5.60 Å². The molecule has 0 aromatic heterocycles. The second-order valence-corrected chi connectivity index (χ2v) is 6.35. The third-order valence-corrected chi connectivity index (χ3v) is 4.16. The predicted molar refractivity (Wildman–Crippen MR) is 87.1 cm³/mol. The minimum atomic E-state index is -0.641. The predicted octanol–water partition coefficient (Wildman–Crippen LogP) is 2.43. The van der Waals surface area contributed by atoms with Crippen molar-refractivity contribution in [2.45, 2.75) is 31.9 Å². The normalized spacial score (nSPS) is 22.6. The van der Waals surface area contributed by atoms with Crippen molar-refractivity contribution in [3.05, 3.63) is 28.8 Å². The first-order valence-corrected chi connectivity index (χ1v) is 7.86. The number of aliphatic hydroxyl groups is 1. The van der Waals surface area contributed by atoms with Crippen LogP contribution >= 0.6 is 11.6 Å². The van der Waals surface area contributed by atoms with Gasteiger partial charge < -0.3 is 20.1 Å². The smallest absolute Gasteiger partial charge is 0.0794 e. The number of hydrogen-bond acceptors (Lipinski definition) is 4. The Morgan fingerprint density at radius 1 is 1.48 bits per heavy atom. The first-order valence-electron chi connectivity index (χ1n) is 7.48. The highest BCUT2D eigenvalue weighted by atomic mass is 35.5. The molecule has 1 saturated heterocycles. The lowest BCUT2D eigenvalue weighted by molar-refractivity contribution is 0.0449. The van der Waals surface area contributed by atoms with E-state index in [9.17, 15) is 5.11 Å². The summed E-state index contributed by atoms with van der Waals surface area (Å²) < 4.78 is 5.05. The number of rotatable bonds is 6. The Kier molecular flexibility index (Phi) is 5.88. The first kappa shape index (κ1) is 16.6. The third-order valence-electron chi connectivity index (χ3n) is 3.86. The Morgan fingerprint density at radius 2 is 2.29 bits per heavy atom. The van der Waals surface area contributed by atoms with E-state index in [4.69, 9.17) is 16.3 Å². The van der Waals surface area contributed by atoms with E-state index in [1.807, 2.05) is 19.1 Å². The van der Waals surface area contributed by atoms with Gasteiger partial charge in [-0.05, 0) is 31.4 Å². The van der Waals surface area contributed by atoms with Gasteiger partial charge in [-0.25, -0.2) is 0 Å². The Labute approximate surface area is 132 Å². The van der Waals surface area contributed by atoms with Crippen molar-refractivity contribution < 1.29 is 9.84 Å². The molecule has 21 heavy (non-hydrogen) atoms. The van der Waals surface area contributed by atoms with Crippen molar-refractivity contribution in [2.24, 2.45) is 0 Å². The van der Waals surface area contributed by atoms with Gasteiger partial charge in [0.05, 0.1) is 22.9 Å². The van der Waals surface area contributed by atoms with Crippen LogP contribution in [0.1, 0.15) is 25.3 Å². The monoisotopic (exact) mass is 312 g/mol. The van der Waals surface area contributed by atoms with Gasteiger partial charge in [0.1, 0.15) is 0 Å². The minimum Gasteiger partial charge on any atom is -0.388 e. The molecule has 2 rings (SSSR count). The van der Waals surface area contributed by atoms with Crippen LogP contribution in [0.5, 0.6) is 0 Å². The molecule has 1 unspecified atom stereocenters. The molecule has 1 aromatic rings. The molecule has 1 atom stereocenters. The molecule has 1 fully saturated rings. The fourth-order valence-electron chi connectivity index (χ4n) is 2.86. The molecule has 4 nitrogen and oxygen atoms in total. The van der Waals surface area contributed by atoms with E-state index in [0.29, 0.717) is 13.2 Å². The van der Waals surface area contributed by atoms with Gasteiger partial charge in [0.2, 0.25) is 0 Å². The number of anilines is 1. The number of nitrogens with zero attached hydrogens (tertiary/aromatic N) is 1. The van der Waals surface area contributed by atoms with Crippen LogP contribution in [0.4, 0.5) is 5.69 Å². The minimum absolute atomic E-state index is 0.627. The topological polar surface area (TPSA) is 44.7 Å². The second-order valence-electron chi connectivity index (χ2n) is 5.94. The van der Waals surface area contributed by atoms with Gasteiger partial charge >= 0.3 is 0 Å². The zero-order valence-electron chi connectivity index (χ0n) is 12.9. The number of piperidine rings is 1. The number of methoxy groups -OCH3 is 1. The summed E-state index contributed by atoms with van der Waals surface area (Å²) in [5.74, 6) is 0. The molecule has 1 heterocycles. The van der Waals surface area contributed by atoms with E-state index in [-0.39, 0.29) is 0 Å². The van der Waals surface area contributed by atoms with Gasteiger partial charge in [-0.15, -0.1) is 0 Å². The Bertz CT molecular complexity index is 466. The second kappa shape index (κ2) is 7.45. The van der Waals surface area contributed by atoms with Crippen LogP contribution in [-0.2, 0) is 11.3 Å². The van der Waals surface area contributed by atoms with Crippen LogP contribution in [0.2, 0.25) is 5.02 Å². The van der Waals surface area contributed by atoms with E-state index >= 15 is 0 Å². The van der Waals surface area contributed by atoms with Crippen LogP contribution in [0.15, 0.2) is 18.2 Å². The van der Waals surface area contributed by atoms with Crippen LogP contribution in [0.3, 0.4) is 0 Å². The molecule has 0 amide bonds. The van der Waals surface area contributed by atoms with Gasteiger partial charge in [-0.3, -0.25) is 0 Å². The summed E-state index contributed by atoms with van der Waals surface area (Å²) in [6, 6.07) is 5.98. The molecule has 0 spiro atoms. The molecular weight excluding hydrogens is 288 g/mol. The maximum absolute atomic E-state index is 10.3. The number of nitrogens with one attached hydrogen (secondary N) is 1. The summed E-state index contributed by atoms with van der Waals surface area (Å²) in [4.78, 5) is 2.21. The van der Waals surface area contributed by atoms with Crippen LogP contribution in [-0.4, -0.2) is 44.1 Å². The largest absolute Gasteiger partial charge is 0.388 e. The quantitative estimate of drug-likeness (QED) is 0.792. The fraction of sp³-hybridized carbons (Fsp3) is 0.625. The van der Waals surface area contributed by atoms with Crippen molar-refractivity contribution >= 4 is 17.3 Å². The van der Waals surface area contributed by atoms with Crippen molar-refractivity contribution in [1.29, 1.82) is 0 Å². The zero-order valence-corrected chi connectivity index (χ0v) is 13.6. The zero-order chi connectivity index (χ0) is 15.3. The molecule has 2 N–H and O–H groups in total. The highest BCUT2D eigenvalue weighted by Crippen LogP contribution is 2.34. The molecule has 118 valence electrons. The maximum Gasteiger partial charge on any atom is 0.0794 e.